The highest BCUT2D eigenvalue weighted by Gasteiger charge is 2.23. The van der Waals surface area contributed by atoms with Crippen LogP contribution in [0.3, 0.4) is 0 Å². The highest BCUT2D eigenvalue weighted by atomic mass is 16.5. The van der Waals surface area contributed by atoms with E-state index >= 15 is 0 Å². The summed E-state index contributed by atoms with van der Waals surface area (Å²) in [5, 5.41) is 3.22. The van der Waals surface area contributed by atoms with Gasteiger partial charge in [0.2, 0.25) is 0 Å². The topological polar surface area (TPSA) is 44.8 Å². The monoisotopic (exact) mass is 345 g/mol. The number of benzene rings is 1. The molecular formula is C20H31N3O2. The highest BCUT2D eigenvalue weighted by Crippen LogP contribution is 2.22. The van der Waals surface area contributed by atoms with Crippen LogP contribution in [0.5, 0.6) is 0 Å². The lowest BCUT2D eigenvalue weighted by molar-refractivity contribution is 0.0341. The van der Waals surface area contributed by atoms with Gasteiger partial charge in [0.1, 0.15) is 0 Å². The largest absolute Gasteiger partial charge is 0.379 e. The van der Waals surface area contributed by atoms with Crippen molar-refractivity contribution in [3.63, 3.8) is 0 Å². The van der Waals surface area contributed by atoms with E-state index in [0.717, 1.165) is 76.8 Å². The van der Waals surface area contributed by atoms with Crippen molar-refractivity contribution >= 4 is 5.91 Å². The lowest BCUT2D eigenvalue weighted by Crippen LogP contribution is -2.39. The van der Waals surface area contributed by atoms with Crippen LogP contribution in [-0.4, -0.2) is 68.7 Å². The number of hydrogen-bond acceptors (Lipinski definition) is 4. The molecule has 0 unspecified atom stereocenters. The molecule has 1 aromatic rings. The Balaban J connectivity index is 1.54. The van der Waals surface area contributed by atoms with E-state index in [0.29, 0.717) is 0 Å². The molecule has 2 heterocycles. The van der Waals surface area contributed by atoms with Crippen molar-refractivity contribution in [1.82, 2.24) is 15.1 Å². The first-order chi connectivity index (χ1) is 12.3. The van der Waals surface area contributed by atoms with E-state index in [-0.39, 0.29) is 5.91 Å². The van der Waals surface area contributed by atoms with Crippen LogP contribution in [0.1, 0.15) is 35.2 Å². The number of morpholine rings is 1. The zero-order chi connectivity index (χ0) is 17.5. The van der Waals surface area contributed by atoms with Crippen molar-refractivity contribution in [2.24, 2.45) is 5.92 Å². The highest BCUT2D eigenvalue weighted by molar-refractivity contribution is 5.94. The van der Waals surface area contributed by atoms with Crippen LogP contribution in [0.25, 0.3) is 0 Å². The molecule has 1 aromatic carbocycles. The third-order valence-corrected chi connectivity index (χ3v) is 5.39. The third-order valence-electron chi connectivity index (χ3n) is 5.39. The van der Waals surface area contributed by atoms with Crippen LogP contribution in [-0.2, 0) is 11.3 Å². The van der Waals surface area contributed by atoms with Gasteiger partial charge in [-0.1, -0.05) is 12.1 Å². The summed E-state index contributed by atoms with van der Waals surface area (Å²) in [5.74, 6) is 0.944. The molecule has 2 fully saturated rings. The quantitative estimate of drug-likeness (QED) is 0.856. The molecule has 2 aliphatic heterocycles. The van der Waals surface area contributed by atoms with Gasteiger partial charge in [-0.3, -0.25) is 9.69 Å². The third kappa shape index (κ3) is 5.27. The first kappa shape index (κ1) is 18.4. The van der Waals surface area contributed by atoms with Gasteiger partial charge in [0, 0.05) is 38.3 Å². The van der Waals surface area contributed by atoms with E-state index in [4.69, 9.17) is 4.74 Å². The van der Waals surface area contributed by atoms with Gasteiger partial charge in [-0.2, -0.15) is 0 Å². The van der Waals surface area contributed by atoms with Gasteiger partial charge < -0.3 is 15.0 Å². The average molecular weight is 345 g/mol. The van der Waals surface area contributed by atoms with Crippen LogP contribution < -0.4 is 5.32 Å². The van der Waals surface area contributed by atoms with Crippen molar-refractivity contribution in [2.45, 2.75) is 25.8 Å². The van der Waals surface area contributed by atoms with Gasteiger partial charge >= 0.3 is 0 Å². The molecule has 2 saturated heterocycles. The molecule has 0 radical (unpaired) electrons. The summed E-state index contributed by atoms with van der Waals surface area (Å²) in [4.78, 5) is 17.3. The van der Waals surface area contributed by atoms with Crippen molar-refractivity contribution in [3.05, 3.63) is 35.4 Å². The smallest absolute Gasteiger partial charge is 0.253 e. The Hall–Kier alpha value is -1.43. The minimum Gasteiger partial charge on any atom is -0.379 e. The van der Waals surface area contributed by atoms with E-state index in [1.807, 2.05) is 24.1 Å². The zero-order valence-electron chi connectivity index (χ0n) is 15.4. The molecule has 1 N–H and O–H groups in total. The Morgan fingerprint density at radius 3 is 2.68 bits per heavy atom. The fraction of sp³-hybridized carbons (Fsp3) is 0.650. The number of rotatable bonds is 6. The molecule has 1 amide bonds. The maximum absolute atomic E-state index is 12.8. The number of nitrogens with zero attached hydrogens (tertiary/aromatic N) is 2. The Kier molecular flexibility index (Phi) is 6.84. The molecule has 5 heteroatoms. The standard InChI is InChI=1S/C20H31N3O2/c1-21-8-5-17-6-9-23(10-7-17)20(24)19-4-2-3-18(15-19)16-22-11-13-25-14-12-22/h2-4,15,17,21H,5-14,16H2,1H3. The molecule has 0 saturated carbocycles. The predicted molar refractivity (Wildman–Crippen MR) is 99.7 cm³/mol. The van der Waals surface area contributed by atoms with E-state index in [9.17, 15) is 4.79 Å². The molecule has 2 aliphatic rings. The van der Waals surface area contributed by atoms with Gasteiger partial charge in [0.05, 0.1) is 13.2 Å². The first-order valence-electron chi connectivity index (χ1n) is 9.59. The summed E-state index contributed by atoms with van der Waals surface area (Å²) in [7, 11) is 2.00. The van der Waals surface area contributed by atoms with Crippen molar-refractivity contribution in [3.8, 4) is 0 Å². The van der Waals surface area contributed by atoms with E-state index < -0.39 is 0 Å². The molecule has 25 heavy (non-hydrogen) atoms. The first-order valence-corrected chi connectivity index (χ1v) is 9.59. The Morgan fingerprint density at radius 2 is 1.96 bits per heavy atom. The summed E-state index contributed by atoms with van der Waals surface area (Å²) >= 11 is 0. The Labute approximate surface area is 151 Å². The zero-order valence-corrected chi connectivity index (χ0v) is 15.4. The van der Waals surface area contributed by atoms with Crippen LogP contribution in [0.4, 0.5) is 0 Å². The number of carbonyl (C=O) groups excluding carboxylic acids is 1. The second-order valence-corrected chi connectivity index (χ2v) is 7.22. The molecule has 0 aliphatic carbocycles. The number of piperidine rings is 1. The lowest BCUT2D eigenvalue weighted by Gasteiger charge is -2.32. The maximum Gasteiger partial charge on any atom is 0.253 e. The molecular weight excluding hydrogens is 314 g/mol. The Morgan fingerprint density at radius 1 is 1.20 bits per heavy atom. The van der Waals surface area contributed by atoms with Crippen molar-refractivity contribution < 1.29 is 9.53 Å². The fourth-order valence-electron chi connectivity index (χ4n) is 3.78. The molecule has 3 rings (SSSR count). The molecule has 0 aromatic heterocycles. The SMILES string of the molecule is CNCCC1CCN(C(=O)c2cccc(CN3CCOCC3)c2)CC1. The number of ether oxygens (including phenoxy) is 1. The Bertz CT molecular complexity index is 550. The van der Waals surface area contributed by atoms with Crippen LogP contribution in [0, 0.1) is 5.92 Å². The summed E-state index contributed by atoms with van der Waals surface area (Å²) in [5.41, 5.74) is 2.05. The van der Waals surface area contributed by atoms with Crippen molar-refractivity contribution in [1.29, 1.82) is 0 Å². The van der Waals surface area contributed by atoms with Gasteiger partial charge in [0.25, 0.3) is 5.91 Å². The number of likely N-dealkylation sites (tertiary alicyclic amines) is 1. The summed E-state index contributed by atoms with van der Waals surface area (Å²) < 4.78 is 5.41. The van der Waals surface area contributed by atoms with Crippen LogP contribution in [0.2, 0.25) is 0 Å². The minimum absolute atomic E-state index is 0.191. The summed E-state index contributed by atoms with van der Waals surface area (Å²) in [6.45, 7) is 7.30. The molecule has 0 atom stereocenters. The average Bonchev–Trinajstić information content (AvgIpc) is 2.67. The van der Waals surface area contributed by atoms with Gasteiger partial charge in [-0.25, -0.2) is 0 Å². The van der Waals surface area contributed by atoms with Crippen LogP contribution in [0.15, 0.2) is 24.3 Å². The number of amides is 1. The fourth-order valence-corrected chi connectivity index (χ4v) is 3.78. The molecule has 138 valence electrons. The van der Waals surface area contributed by atoms with E-state index in [2.05, 4.69) is 22.3 Å². The molecule has 5 nitrogen and oxygen atoms in total. The number of hydrogen-bond donors (Lipinski definition) is 1. The van der Waals surface area contributed by atoms with Gasteiger partial charge in [-0.15, -0.1) is 0 Å². The lowest BCUT2D eigenvalue weighted by atomic mass is 9.93. The van der Waals surface area contributed by atoms with Crippen molar-refractivity contribution in [2.75, 3.05) is 53.0 Å². The maximum atomic E-state index is 12.8. The normalized spacial score (nSPS) is 20.0. The molecule has 0 spiro atoms. The van der Waals surface area contributed by atoms with Crippen LogP contribution >= 0.6 is 0 Å². The van der Waals surface area contributed by atoms with E-state index in [1.165, 1.54) is 12.0 Å². The summed E-state index contributed by atoms with van der Waals surface area (Å²) in [6, 6.07) is 8.17. The molecule has 0 bridgehead atoms. The number of carbonyl (C=O) groups is 1. The van der Waals surface area contributed by atoms with Gasteiger partial charge in [-0.05, 0) is 56.5 Å². The second-order valence-electron chi connectivity index (χ2n) is 7.22. The van der Waals surface area contributed by atoms with E-state index in [1.54, 1.807) is 0 Å². The summed E-state index contributed by atoms with van der Waals surface area (Å²) in [6.07, 6.45) is 3.47. The van der Waals surface area contributed by atoms with Gasteiger partial charge in [0.15, 0.2) is 0 Å². The number of nitrogens with one attached hydrogen (secondary N) is 1. The second kappa shape index (κ2) is 9.32. The minimum atomic E-state index is 0.191. The predicted octanol–water partition coefficient (Wildman–Crippen LogP) is 1.98.